The molecule has 0 bridgehead atoms. The Balaban J connectivity index is 2.86. The molecular formula is C9H9NO2. The van der Waals surface area contributed by atoms with E-state index in [1.54, 1.807) is 24.3 Å². The monoisotopic (exact) mass is 163 g/mol. The lowest BCUT2D eigenvalue weighted by Crippen LogP contribution is -2.19. The minimum absolute atomic E-state index is 0.248. The molecule has 0 unspecified atom stereocenters. The van der Waals surface area contributed by atoms with Gasteiger partial charge in [0.05, 0.1) is 0 Å². The van der Waals surface area contributed by atoms with E-state index in [2.05, 4.69) is 6.58 Å². The van der Waals surface area contributed by atoms with Crippen molar-refractivity contribution in [3.63, 3.8) is 0 Å². The smallest absolute Gasteiger partial charge is 0.274 e. The van der Waals surface area contributed by atoms with Crippen LogP contribution in [0.1, 0.15) is 5.56 Å². The predicted octanol–water partition coefficient (Wildman–Crippen LogP) is 1.21. The molecule has 62 valence electrons. The van der Waals surface area contributed by atoms with E-state index in [1.807, 2.05) is 6.07 Å². The van der Waals surface area contributed by atoms with Crippen molar-refractivity contribution in [1.82, 2.24) is 5.48 Å². The molecule has 0 atom stereocenters. The topological polar surface area (TPSA) is 49.3 Å². The van der Waals surface area contributed by atoms with Crippen LogP contribution >= 0.6 is 0 Å². The SMILES string of the molecule is C=C(C(=O)NO)c1ccccc1. The average molecular weight is 163 g/mol. The van der Waals surface area contributed by atoms with Gasteiger partial charge in [0.15, 0.2) is 0 Å². The Hall–Kier alpha value is -1.61. The Bertz CT molecular complexity index is 293. The summed E-state index contributed by atoms with van der Waals surface area (Å²) >= 11 is 0. The zero-order valence-corrected chi connectivity index (χ0v) is 6.45. The van der Waals surface area contributed by atoms with Crippen LogP contribution in [0.2, 0.25) is 0 Å². The molecule has 0 spiro atoms. The molecule has 1 rings (SSSR count). The van der Waals surface area contributed by atoms with E-state index in [4.69, 9.17) is 5.21 Å². The molecule has 0 heterocycles. The summed E-state index contributed by atoms with van der Waals surface area (Å²) in [6.45, 7) is 3.52. The van der Waals surface area contributed by atoms with Gasteiger partial charge in [0.1, 0.15) is 0 Å². The van der Waals surface area contributed by atoms with Crippen LogP contribution in [-0.4, -0.2) is 11.1 Å². The Morgan fingerprint density at radius 2 is 1.92 bits per heavy atom. The lowest BCUT2D eigenvalue weighted by molar-refractivity contribution is -0.123. The van der Waals surface area contributed by atoms with Gasteiger partial charge in [-0.3, -0.25) is 10.0 Å². The molecule has 0 fully saturated rings. The van der Waals surface area contributed by atoms with E-state index in [0.29, 0.717) is 5.56 Å². The second kappa shape index (κ2) is 3.69. The van der Waals surface area contributed by atoms with Crippen LogP contribution in [0.3, 0.4) is 0 Å². The maximum absolute atomic E-state index is 10.9. The Morgan fingerprint density at radius 3 is 2.42 bits per heavy atom. The number of carbonyl (C=O) groups is 1. The van der Waals surface area contributed by atoms with Gasteiger partial charge in [0.2, 0.25) is 0 Å². The molecule has 0 aliphatic carbocycles. The Kier molecular flexibility index (Phi) is 2.61. The first-order valence-electron chi connectivity index (χ1n) is 3.44. The number of hydrogen-bond donors (Lipinski definition) is 2. The number of amides is 1. The molecule has 1 aromatic carbocycles. The predicted molar refractivity (Wildman–Crippen MR) is 45.4 cm³/mol. The van der Waals surface area contributed by atoms with E-state index in [0.717, 1.165) is 0 Å². The van der Waals surface area contributed by atoms with Crippen molar-refractivity contribution in [2.75, 3.05) is 0 Å². The van der Waals surface area contributed by atoms with Crippen LogP contribution in [0.5, 0.6) is 0 Å². The van der Waals surface area contributed by atoms with Gasteiger partial charge in [0.25, 0.3) is 5.91 Å². The zero-order chi connectivity index (χ0) is 8.97. The van der Waals surface area contributed by atoms with Crippen LogP contribution in [0.15, 0.2) is 36.9 Å². The summed E-state index contributed by atoms with van der Waals surface area (Å²) in [6, 6.07) is 8.93. The van der Waals surface area contributed by atoms with Crippen molar-refractivity contribution in [3.05, 3.63) is 42.5 Å². The van der Waals surface area contributed by atoms with Crippen molar-refractivity contribution >= 4 is 11.5 Å². The molecular weight excluding hydrogens is 154 g/mol. The summed E-state index contributed by atoms with van der Waals surface area (Å²) in [7, 11) is 0. The zero-order valence-electron chi connectivity index (χ0n) is 6.45. The summed E-state index contributed by atoms with van der Waals surface area (Å²) in [6.07, 6.45) is 0. The van der Waals surface area contributed by atoms with E-state index in [9.17, 15) is 4.79 Å². The normalized spacial score (nSPS) is 9.08. The van der Waals surface area contributed by atoms with Gasteiger partial charge in [-0.15, -0.1) is 0 Å². The number of nitrogens with one attached hydrogen (secondary N) is 1. The number of benzene rings is 1. The van der Waals surface area contributed by atoms with Crippen LogP contribution in [0.25, 0.3) is 5.57 Å². The molecule has 12 heavy (non-hydrogen) atoms. The molecule has 0 aliphatic rings. The standard InChI is InChI=1S/C9H9NO2/c1-7(9(11)10-12)8-5-3-2-4-6-8/h2-6,12H,1H2,(H,10,11). The minimum atomic E-state index is -0.582. The summed E-state index contributed by atoms with van der Waals surface area (Å²) in [5.41, 5.74) is 2.47. The fourth-order valence-electron chi connectivity index (χ4n) is 0.838. The van der Waals surface area contributed by atoms with Gasteiger partial charge >= 0.3 is 0 Å². The van der Waals surface area contributed by atoms with Gasteiger partial charge in [-0.2, -0.15) is 0 Å². The third-order valence-corrected chi connectivity index (χ3v) is 1.50. The highest BCUT2D eigenvalue weighted by Gasteiger charge is 2.06. The van der Waals surface area contributed by atoms with Gasteiger partial charge in [-0.1, -0.05) is 36.9 Å². The van der Waals surface area contributed by atoms with E-state index in [1.165, 1.54) is 5.48 Å². The fraction of sp³-hybridized carbons (Fsp3) is 0. The second-order valence-corrected chi connectivity index (χ2v) is 2.29. The molecule has 2 N–H and O–H groups in total. The Morgan fingerprint density at radius 1 is 1.33 bits per heavy atom. The number of hydroxylamine groups is 1. The first-order chi connectivity index (χ1) is 5.75. The molecule has 0 saturated heterocycles. The third-order valence-electron chi connectivity index (χ3n) is 1.50. The summed E-state index contributed by atoms with van der Waals surface area (Å²) < 4.78 is 0. The van der Waals surface area contributed by atoms with Crippen molar-refractivity contribution < 1.29 is 10.0 Å². The maximum atomic E-state index is 10.9. The van der Waals surface area contributed by atoms with Crippen LogP contribution in [0, 0.1) is 0 Å². The first-order valence-corrected chi connectivity index (χ1v) is 3.44. The van der Waals surface area contributed by atoms with Gasteiger partial charge in [0, 0.05) is 5.57 Å². The van der Waals surface area contributed by atoms with E-state index < -0.39 is 5.91 Å². The molecule has 0 aliphatic heterocycles. The van der Waals surface area contributed by atoms with Crippen LogP contribution in [-0.2, 0) is 4.79 Å². The average Bonchev–Trinajstić information content (AvgIpc) is 2.17. The summed E-state index contributed by atoms with van der Waals surface area (Å²) in [5, 5.41) is 8.31. The maximum Gasteiger partial charge on any atom is 0.274 e. The number of rotatable bonds is 2. The summed E-state index contributed by atoms with van der Waals surface area (Å²) in [5.74, 6) is -0.582. The second-order valence-electron chi connectivity index (χ2n) is 2.29. The molecule has 3 heteroatoms. The fourth-order valence-corrected chi connectivity index (χ4v) is 0.838. The summed E-state index contributed by atoms with van der Waals surface area (Å²) in [4.78, 5) is 10.9. The largest absolute Gasteiger partial charge is 0.288 e. The van der Waals surface area contributed by atoms with Gasteiger partial charge < -0.3 is 0 Å². The highest BCUT2D eigenvalue weighted by atomic mass is 16.5. The molecule has 0 aromatic heterocycles. The number of carbonyl (C=O) groups excluding carboxylic acids is 1. The quantitative estimate of drug-likeness (QED) is 0.391. The van der Waals surface area contributed by atoms with E-state index in [-0.39, 0.29) is 5.57 Å². The third kappa shape index (κ3) is 1.71. The molecule has 3 nitrogen and oxygen atoms in total. The first kappa shape index (κ1) is 8.49. The number of hydrogen-bond acceptors (Lipinski definition) is 2. The lowest BCUT2D eigenvalue weighted by Gasteiger charge is -2.01. The van der Waals surface area contributed by atoms with Crippen molar-refractivity contribution in [1.29, 1.82) is 0 Å². The highest BCUT2D eigenvalue weighted by molar-refractivity contribution is 6.18. The molecule has 0 radical (unpaired) electrons. The molecule has 1 amide bonds. The van der Waals surface area contributed by atoms with Crippen molar-refractivity contribution in [3.8, 4) is 0 Å². The molecule has 0 saturated carbocycles. The minimum Gasteiger partial charge on any atom is -0.288 e. The van der Waals surface area contributed by atoms with Crippen molar-refractivity contribution in [2.24, 2.45) is 0 Å². The Labute approximate surface area is 70.3 Å². The van der Waals surface area contributed by atoms with Gasteiger partial charge in [-0.05, 0) is 5.56 Å². The van der Waals surface area contributed by atoms with Crippen molar-refractivity contribution in [2.45, 2.75) is 0 Å². The van der Waals surface area contributed by atoms with Crippen LogP contribution < -0.4 is 5.48 Å². The highest BCUT2D eigenvalue weighted by Crippen LogP contribution is 2.10. The molecule has 1 aromatic rings. The lowest BCUT2D eigenvalue weighted by atomic mass is 10.1. The van der Waals surface area contributed by atoms with E-state index >= 15 is 0 Å². The van der Waals surface area contributed by atoms with Crippen LogP contribution in [0.4, 0.5) is 0 Å². The van der Waals surface area contributed by atoms with Gasteiger partial charge in [-0.25, -0.2) is 5.48 Å².